The van der Waals surface area contributed by atoms with Gasteiger partial charge in [0.2, 0.25) is 0 Å². The number of aryl methyl sites for hydroxylation is 1. The average molecular weight is 200 g/mol. The molecule has 0 spiro atoms. The second-order valence-electron chi connectivity index (χ2n) is 3.70. The van der Waals surface area contributed by atoms with Crippen LogP contribution in [0, 0.1) is 0 Å². The zero-order valence-electron chi connectivity index (χ0n) is 9.20. The van der Waals surface area contributed by atoms with Crippen LogP contribution in [0.4, 0.5) is 0 Å². The smallest absolute Gasteiger partial charge is 0.0478 e. The van der Waals surface area contributed by atoms with Gasteiger partial charge in [-0.15, -0.1) is 0 Å². The van der Waals surface area contributed by atoms with E-state index in [2.05, 4.69) is 59.5 Å². The molecule has 1 aromatic heterocycles. The number of hydrogen-bond donors (Lipinski definition) is 1. The van der Waals surface area contributed by atoms with Crippen molar-refractivity contribution in [3.8, 4) is 0 Å². The molecule has 1 N–H and O–H groups in total. The molecule has 2 heteroatoms. The molecule has 0 amide bonds. The lowest BCUT2D eigenvalue weighted by atomic mass is 10.1. The number of aromatic nitrogens is 1. The number of likely N-dealkylation sites (N-methyl/N-ethyl adjacent to an activating group) is 1. The van der Waals surface area contributed by atoms with Crippen molar-refractivity contribution in [3.63, 3.8) is 0 Å². The molecule has 0 fully saturated rings. The lowest BCUT2D eigenvalue weighted by Gasteiger charge is -1.97. The van der Waals surface area contributed by atoms with Crippen molar-refractivity contribution in [1.29, 1.82) is 0 Å². The van der Waals surface area contributed by atoms with Gasteiger partial charge in [0, 0.05) is 30.7 Å². The van der Waals surface area contributed by atoms with E-state index in [9.17, 15) is 0 Å². The van der Waals surface area contributed by atoms with Crippen molar-refractivity contribution in [2.45, 2.75) is 0 Å². The summed E-state index contributed by atoms with van der Waals surface area (Å²) in [5.41, 5.74) is 2.53. The van der Waals surface area contributed by atoms with Crippen LogP contribution < -0.4 is 5.32 Å². The topological polar surface area (TPSA) is 17.0 Å². The van der Waals surface area contributed by atoms with E-state index in [1.807, 2.05) is 7.05 Å². The highest BCUT2D eigenvalue weighted by Gasteiger charge is 1.96. The van der Waals surface area contributed by atoms with Gasteiger partial charge in [-0.3, -0.25) is 0 Å². The molecule has 0 atom stereocenters. The number of hydrogen-bond acceptors (Lipinski definition) is 1. The minimum atomic E-state index is 0.910. The van der Waals surface area contributed by atoms with Gasteiger partial charge in [0.25, 0.3) is 0 Å². The number of fused-ring (bicyclic) bond motifs is 1. The molecule has 0 bridgehead atoms. The standard InChI is InChI=1S/C13H16N2/c1-14-8-3-4-11-5-6-13-12(10-11)7-9-15(13)2/h3-7,9-10,14H,8H2,1-2H3. The Bertz CT molecular complexity index is 480. The van der Waals surface area contributed by atoms with E-state index < -0.39 is 0 Å². The Labute approximate surface area is 90.2 Å². The summed E-state index contributed by atoms with van der Waals surface area (Å²) in [6.07, 6.45) is 6.36. The summed E-state index contributed by atoms with van der Waals surface area (Å²) < 4.78 is 2.14. The maximum atomic E-state index is 3.09. The number of benzene rings is 1. The zero-order valence-corrected chi connectivity index (χ0v) is 9.20. The second kappa shape index (κ2) is 4.32. The van der Waals surface area contributed by atoms with Crippen LogP contribution in [0.1, 0.15) is 5.56 Å². The van der Waals surface area contributed by atoms with Gasteiger partial charge in [-0.25, -0.2) is 0 Å². The molecule has 0 radical (unpaired) electrons. The number of nitrogens with zero attached hydrogens (tertiary/aromatic N) is 1. The zero-order chi connectivity index (χ0) is 10.7. The molecule has 2 nitrogen and oxygen atoms in total. The molecule has 0 aliphatic heterocycles. The third-order valence-corrected chi connectivity index (χ3v) is 2.54. The third kappa shape index (κ3) is 2.10. The number of rotatable bonds is 3. The largest absolute Gasteiger partial charge is 0.351 e. The maximum absolute atomic E-state index is 3.09. The molecule has 2 rings (SSSR count). The molecule has 0 saturated carbocycles. The maximum Gasteiger partial charge on any atom is 0.0478 e. The summed E-state index contributed by atoms with van der Waals surface area (Å²) in [7, 11) is 4.02. The monoisotopic (exact) mass is 200 g/mol. The molecule has 0 aliphatic carbocycles. The lowest BCUT2D eigenvalue weighted by Crippen LogP contribution is -2.03. The second-order valence-corrected chi connectivity index (χ2v) is 3.70. The van der Waals surface area contributed by atoms with Crippen LogP contribution in [0.15, 0.2) is 36.5 Å². The van der Waals surface area contributed by atoms with Gasteiger partial charge in [-0.2, -0.15) is 0 Å². The highest BCUT2D eigenvalue weighted by atomic mass is 14.9. The van der Waals surface area contributed by atoms with Gasteiger partial charge in [-0.1, -0.05) is 18.2 Å². The van der Waals surface area contributed by atoms with E-state index in [4.69, 9.17) is 0 Å². The highest BCUT2D eigenvalue weighted by molar-refractivity contribution is 5.82. The minimum Gasteiger partial charge on any atom is -0.351 e. The van der Waals surface area contributed by atoms with E-state index in [1.54, 1.807) is 0 Å². The summed E-state index contributed by atoms with van der Waals surface area (Å²) in [4.78, 5) is 0. The van der Waals surface area contributed by atoms with Gasteiger partial charge in [0.15, 0.2) is 0 Å². The van der Waals surface area contributed by atoms with Gasteiger partial charge < -0.3 is 9.88 Å². The fraction of sp³-hybridized carbons (Fsp3) is 0.231. The predicted molar refractivity (Wildman–Crippen MR) is 65.9 cm³/mol. The van der Waals surface area contributed by atoms with Gasteiger partial charge in [0.05, 0.1) is 0 Å². The molecule has 1 heterocycles. The van der Waals surface area contributed by atoms with Crippen molar-refractivity contribution in [2.75, 3.05) is 13.6 Å². The van der Waals surface area contributed by atoms with Crippen molar-refractivity contribution in [2.24, 2.45) is 7.05 Å². The molecule has 2 aromatic rings. The van der Waals surface area contributed by atoms with Crippen LogP contribution in [0.3, 0.4) is 0 Å². The Balaban J connectivity index is 2.31. The van der Waals surface area contributed by atoms with Crippen LogP contribution in [0.5, 0.6) is 0 Å². The van der Waals surface area contributed by atoms with Crippen molar-refractivity contribution >= 4 is 17.0 Å². The third-order valence-electron chi connectivity index (χ3n) is 2.54. The first kappa shape index (κ1) is 9.99. The minimum absolute atomic E-state index is 0.910. The molecular weight excluding hydrogens is 184 g/mol. The average Bonchev–Trinajstić information content (AvgIpc) is 2.61. The molecular formula is C13H16N2. The van der Waals surface area contributed by atoms with Crippen LogP contribution in [0.2, 0.25) is 0 Å². The molecule has 0 unspecified atom stereocenters. The predicted octanol–water partition coefficient (Wildman–Crippen LogP) is 2.41. The molecule has 15 heavy (non-hydrogen) atoms. The van der Waals surface area contributed by atoms with Crippen molar-refractivity contribution < 1.29 is 0 Å². The van der Waals surface area contributed by atoms with Crippen LogP contribution >= 0.6 is 0 Å². The van der Waals surface area contributed by atoms with Crippen LogP contribution in [-0.2, 0) is 7.05 Å². The Morgan fingerprint density at radius 2 is 2.20 bits per heavy atom. The quantitative estimate of drug-likeness (QED) is 0.805. The molecule has 78 valence electrons. The van der Waals surface area contributed by atoms with Gasteiger partial charge in [0.1, 0.15) is 0 Å². The summed E-state index contributed by atoms with van der Waals surface area (Å²) in [6, 6.07) is 8.66. The Kier molecular flexibility index (Phi) is 2.88. The first-order valence-electron chi connectivity index (χ1n) is 5.17. The molecule has 0 aliphatic rings. The SMILES string of the molecule is CNCC=Cc1ccc2c(ccn2C)c1. The highest BCUT2D eigenvalue weighted by Crippen LogP contribution is 2.17. The van der Waals surface area contributed by atoms with E-state index in [-0.39, 0.29) is 0 Å². The Morgan fingerprint density at radius 3 is 3.00 bits per heavy atom. The fourth-order valence-electron chi connectivity index (χ4n) is 1.72. The number of nitrogens with one attached hydrogen (secondary N) is 1. The van der Waals surface area contributed by atoms with E-state index >= 15 is 0 Å². The molecule has 0 saturated heterocycles. The fourth-order valence-corrected chi connectivity index (χ4v) is 1.72. The first-order chi connectivity index (χ1) is 7.31. The first-order valence-corrected chi connectivity index (χ1v) is 5.17. The van der Waals surface area contributed by atoms with Crippen molar-refractivity contribution in [3.05, 3.63) is 42.1 Å². The van der Waals surface area contributed by atoms with Gasteiger partial charge in [-0.05, 0) is 30.8 Å². The Morgan fingerprint density at radius 1 is 1.33 bits per heavy atom. The van der Waals surface area contributed by atoms with Gasteiger partial charge >= 0.3 is 0 Å². The normalized spacial score (nSPS) is 11.6. The molecule has 1 aromatic carbocycles. The van der Waals surface area contributed by atoms with E-state index in [0.29, 0.717) is 0 Å². The van der Waals surface area contributed by atoms with Crippen LogP contribution in [-0.4, -0.2) is 18.2 Å². The van der Waals surface area contributed by atoms with E-state index in [1.165, 1.54) is 16.5 Å². The summed E-state index contributed by atoms with van der Waals surface area (Å²) in [5.74, 6) is 0. The van der Waals surface area contributed by atoms with Crippen molar-refractivity contribution in [1.82, 2.24) is 9.88 Å². The summed E-state index contributed by atoms with van der Waals surface area (Å²) in [5, 5.41) is 4.38. The summed E-state index contributed by atoms with van der Waals surface area (Å²) >= 11 is 0. The van der Waals surface area contributed by atoms with Crippen LogP contribution in [0.25, 0.3) is 17.0 Å². The van der Waals surface area contributed by atoms with E-state index in [0.717, 1.165) is 6.54 Å². The summed E-state index contributed by atoms with van der Waals surface area (Å²) in [6.45, 7) is 0.910. The lowest BCUT2D eigenvalue weighted by molar-refractivity contribution is 0.922. The Hall–Kier alpha value is -1.54.